The minimum Gasteiger partial charge on any atom is -0.512 e. The van der Waals surface area contributed by atoms with Crippen LogP contribution < -0.4 is 19.1 Å². The molecule has 0 spiro atoms. The van der Waals surface area contributed by atoms with Crippen LogP contribution in [0.25, 0.3) is 0 Å². The summed E-state index contributed by atoms with van der Waals surface area (Å²) in [4.78, 5) is 13.5. The fourth-order valence-corrected chi connectivity index (χ4v) is 4.40. The highest BCUT2D eigenvalue weighted by Gasteiger charge is 2.37. The van der Waals surface area contributed by atoms with E-state index >= 15 is 0 Å². The summed E-state index contributed by atoms with van der Waals surface area (Å²) in [6.45, 7) is 1.16. The molecule has 1 aliphatic carbocycles. The van der Waals surface area contributed by atoms with Gasteiger partial charge in [-0.1, -0.05) is 0 Å². The van der Waals surface area contributed by atoms with Gasteiger partial charge in [-0.15, -0.1) is 0 Å². The number of rotatable bonds is 3. The number of fused-ring (bicyclic) bond motifs is 2. The average molecular weight is 360 g/mol. The number of carbonyl (C=O) groups excluding carboxylic acids is 1. The summed E-state index contributed by atoms with van der Waals surface area (Å²) in [5, 5.41) is 10.7. The first-order valence-corrected chi connectivity index (χ1v) is 9.36. The van der Waals surface area contributed by atoms with Crippen molar-refractivity contribution in [2.24, 2.45) is 0 Å². The molecule has 1 unspecified atom stereocenters. The molecule has 6 nitrogen and oxygen atoms in total. The zero-order valence-electron chi connectivity index (χ0n) is 15.4. The molecule has 2 aliphatic heterocycles. The number of hydrogen-bond donors (Lipinski definition) is 2. The summed E-state index contributed by atoms with van der Waals surface area (Å²) in [5.41, 5.74) is 2.86. The number of hydrogen-bond acceptors (Lipinski definition) is 5. The number of aliphatic hydroxyl groups excluding tert-OH is 1. The minimum absolute atomic E-state index is 0.0189. The lowest BCUT2D eigenvalue weighted by molar-refractivity contribution is -0.914. The predicted molar refractivity (Wildman–Crippen MR) is 95.1 cm³/mol. The molecular weight excluding hydrogens is 334 g/mol. The highest BCUT2D eigenvalue weighted by molar-refractivity contribution is 5.96. The maximum Gasteiger partial charge on any atom is 0.231 e. The van der Waals surface area contributed by atoms with E-state index in [0.29, 0.717) is 36.3 Å². The molecule has 1 aromatic rings. The largest absolute Gasteiger partial charge is 0.512 e. The lowest BCUT2D eigenvalue weighted by Crippen LogP contribution is -3.10. The van der Waals surface area contributed by atoms with E-state index in [-0.39, 0.29) is 24.4 Å². The van der Waals surface area contributed by atoms with Crippen molar-refractivity contribution in [2.45, 2.75) is 44.6 Å². The average Bonchev–Trinajstić information content (AvgIpc) is 3.10. The Morgan fingerprint density at radius 1 is 1.31 bits per heavy atom. The molecule has 1 aromatic carbocycles. The van der Waals surface area contributed by atoms with Gasteiger partial charge in [-0.05, 0) is 30.9 Å². The van der Waals surface area contributed by atoms with Gasteiger partial charge >= 0.3 is 0 Å². The van der Waals surface area contributed by atoms with Crippen molar-refractivity contribution in [3.63, 3.8) is 0 Å². The fraction of sp³-hybridized carbons (Fsp3) is 0.550. The zero-order valence-corrected chi connectivity index (χ0v) is 15.4. The molecule has 2 heterocycles. The molecule has 0 radical (unpaired) electrons. The normalized spacial score (nSPS) is 26.5. The Bertz CT molecular complexity index is 770. The van der Waals surface area contributed by atoms with Crippen molar-refractivity contribution in [2.75, 3.05) is 27.5 Å². The molecule has 140 valence electrons. The number of allylic oxidation sites excluding steroid dienone is 1. The Hall–Kier alpha value is -2.21. The smallest absolute Gasteiger partial charge is 0.231 e. The Labute approximate surface area is 153 Å². The second-order valence-electron chi connectivity index (χ2n) is 7.37. The monoisotopic (exact) mass is 360 g/mol. The number of quaternary nitrogens is 1. The summed E-state index contributed by atoms with van der Waals surface area (Å²) >= 11 is 0. The van der Waals surface area contributed by atoms with Gasteiger partial charge in [-0.25, -0.2) is 0 Å². The lowest BCUT2D eigenvalue weighted by atomic mass is 9.86. The van der Waals surface area contributed by atoms with Crippen LogP contribution >= 0.6 is 0 Å². The molecule has 0 amide bonds. The van der Waals surface area contributed by atoms with Crippen molar-refractivity contribution < 1.29 is 29.0 Å². The van der Waals surface area contributed by atoms with Gasteiger partial charge in [0.15, 0.2) is 17.3 Å². The quantitative estimate of drug-likeness (QED) is 0.636. The van der Waals surface area contributed by atoms with Gasteiger partial charge in [-0.2, -0.15) is 0 Å². The maximum atomic E-state index is 12.2. The van der Waals surface area contributed by atoms with Crippen LogP contribution in [-0.4, -0.2) is 38.4 Å². The molecule has 2 N–H and O–H groups in total. The number of benzene rings is 1. The summed E-state index contributed by atoms with van der Waals surface area (Å²) in [6.07, 6.45) is 4.48. The van der Waals surface area contributed by atoms with E-state index in [2.05, 4.69) is 7.05 Å². The summed E-state index contributed by atoms with van der Waals surface area (Å²) in [5.74, 6) is 2.41. The number of ether oxygens (including phenoxy) is 3. The fourth-order valence-electron chi connectivity index (χ4n) is 4.40. The third-order valence-corrected chi connectivity index (χ3v) is 5.84. The van der Waals surface area contributed by atoms with Crippen molar-refractivity contribution >= 4 is 5.78 Å². The van der Waals surface area contributed by atoms with Crippen LogP contribution in [0.4, 0.5) is 0 Å². The number of carbonyl (C=O) groups is 1. The van der Waals surface area contributed by atoms with E-state index in [1.54, 1.807) is 7.11 Å². The van der Waals surface area contributed by atoms with E-state index in [9.17, 15) is 9.90 Å². The molecule has 4 rings (SSSR count). The predicted octanol–water partition coefficient (Wildman–Crippen LogP) is 1.88. The first kappa shape index (κ1) is 17.2. The highest BCUT2D eigenvalue weighted by Crippen LogP contribution is 2.48. The van der Waals surface area contributed by atoms with Crippen LogP contribution in [0, 0.1) is 0 Å². The van der Waals surface area contributed by atoms with Crippen LogP contribution in [0.1, 0.15) is 49.3 Å². The van der Waals surface area contributed by atoms with Crippen molar-refractivity contribution in [3.05, 3.63) is 28.5 Å². The van der Waals surface area contributed by atoms with Gasteiger partial charge in [0.1, 0.15) is 11.8 Å². The van der Waals surface area contributed by atoms with Gasteiger partial charge in [0.2, 0.25) is 12.5 Å². The Morgan fingerprint density at radius 2 is 2.12 bits per heavy atom. The van der Waals surface area contributed by atoms with E-state index < -0.39 is 0 Å². The van der Waals surface area contributed by atoms with E-state index in [1.807, 2.05) is 6.07 Å². The van der Waals surface area contributed by atoms with Crippen LogP contribution in [0.5, 0.6) is 17.2 Å². The zero-order chi connectivity index (χ0) is 18.3. The molecule has 1 fully saturated rings. The van der Waals surface area contributed by atoms with E-state index in [4.69, 9.17) is 14.2 Å². The molecule has 0 bridgehead atoms. The second kappa shape index (κ2) is 6.83. The number of Topliss-reactive ketones (excluding diaryl/α,β-unsaturated/α-hetero) is 1. The first-order chi connectivity index (χ1) is 12.6. The number of ketones is 1. The first-order valence-electron chi connectivity index (χ1n) is 9.36. The molecular formula is C20H26NO5+. The van der Waals surface area contributed by atoms with Crippen molar-refractivity contribution in [1.29, 1.82) is 0 Å². The Balaban J connectivity index is 1.74. The number of likely N-dealkylation sites (N-methyl/N-ethyl adjacent to an activating group) is 1. The SMILES string of the molecule is COc1c2c(cc3c1[C@H](CC(O)=C1CCCCC1=O)[NH+](C)CC3)OCO2. The maximum absolute atomic E-state index is 12.2. The highest BCUT2D eigenvalue weighted by atomic mass is 16.7. The third kappa shape index (κ3) is 2.82. The standard InChI is InChI=1S/C20H25NO5/c1-21-8-7-12-9-17-19(26-11-25-17)20(24-2)18(12)14(21)10-16(23)13-5-3-4-6-15(13)22/h9,14,23H,3-8,10-11H2,1-2H3/p+1/t14-/m0/s1. The van der Waals surface area contributed by atoms with Gasteiger partial charge in [0.25, 0.3) is 0 Å². The minimum atomic E-state index is 0.0189. The molecule has 0 aromatic heterocycles. The molecule has 1 saturated carbocycles. The van der Waals surface area contributed by atoms with Gasteiger partial charge in [0.05, 0.1) is 32.7 Å². The Morgan fingerprint density at radius 3 is 2.88 bits per heavy atom. The number of aliphatic hydroxyl groups is 1. The molecule has 26 heavy (non-hydrogen) atoms. The second-order valence-corrected chi connectivity index (χ2v) is 7.37. The summed E-state index contributed by atoms with van der Waals surface area (Å²) < 4.78 is 16.9. The van der Waals surface area contributed by atoms with Crippen LogP contribution in [0.2, 0.25) is 0 Å². The van der Waals surface area contributed by atoms with Gasteiger partial charge in [0, 0.05) is 18.4 Å². The van der Waals surface area contributed by atoms with E-state index in [0.717, 1.165) is 37.1 Å². The Kier molecular flexibility index (Phi) is 4.53. The van der Waals surface area contributed by atoms with Crippen molar-refractivity contribution in [3.8, 4) is 17.2 Å². The summed E-state index contributed by atoms with van der Waals surface area (Å²) in [6, 6.07) is 2.06. The van der Waals surface area contributed by atoms with Gasteiger partial charge < -0.3 is 24.2 Å². The molecule has 0 saturated heterocycles. The van der Waals surface area contributed by atoms with Crippen molar-refractivity contribution in [1.82, 2.24) is 0 Å². The molecule has 2 atom stereocenters. The molecule has 6 heteroatoms. The molecule has 3 aliphatic rings. The summed E-state index contributed by atoms with van der Waals surface area (Å²) in [7, 11) is 3.76. The van der Waals surface area contributed by atoms with Gasteiger partial charge in [-0.3, -0.25) is 4.79 Å². The number of nitrogens with one attached hydrogen (secondary N) is 1. The van der Waals surface area contributed by atoms with Crippen LogP contribution in [0.15, 0.2) is 17.4 Å². The van der Waals surface area contributed by atoms with E-state index in [1.165, 1.54) is 10.5 Å². The van der Waals surface area contributed by atoms with Crippen LogP contribution in [-0.2, 0) is 11.2 Å². The lowest BCUT2D eigenvalue weighted by Gasteiger charge is -2.33. The third-order valence-electron chi connectivity index (χ3n) is 5.84. The van der Waals surface area contributed by atoms with Crippen LogP contribution in [0.3, 0.4) is 0 Å². The number of methoxy groups -OCH3 is 1. The topological polar surface area (TPSA) is 69.4 Å².